The van der Waals surface area contributed by atoms with Crippen LogP contribution in [0, 0.1) is 0 Å². The molecule has 0 heteroatoms. The quantitative estimate of drug-likeness (QED) is 0.474. The first-order chi connectivity index (χ1) is 10.8. The van der Waals surface area contributed by atoms with Gasteiger partial charge in [-0.3, -0.25) is 0 Å². The Morgan fingerprint density at radius 2 is 1.73 bits per heavy atom. The van der Waals surface area contributed by atoms with Crippen LogP contribution in [-0.4, -0.2) is 0 Å². The summed E-state index contributed by atoms with van der Waals surface area (Å²) < 4.78 is 0. The number of hydrogen-bond donors (Lipinski definition) is 0. The van der Waals surface area contributed by atoms with Gasteiger partial charge in [0.15, 0.2) is 0 Å². The van der Waals surface area contributed by atoms with Crippen LogP contribution in [0.2, 0.25) is 0 Å². The van der Waals surface area contributed by atoms with Crippen molar-refractivity contribution in [2.75, 3.05) is 0 Å². The van der Waals surface area contributed by atoms with Crippen molar-refractivity contribution >= 4 is 10.8 Å². The Bertz CT molecular complexity index is 606. The van der Waals surface area contributed by atoms with Crippen molar-refractivity contribution in [2.45, 2.75) is 77.0 Å². The summed E-state index contributed by atoms with van der Waals surface area (Å²) in [5.74, 6) is 1.57. The van der Waals surface area contributed by atoms with Gasteiger partial charge in [-0.15, -0.1) is 0 Å². The zero-order valence-corrected chi connectivity index (χ0v) is 14.3. The highest BCUT2D eigenvalue weighted by atomic mass is 14.2. The number of unbranched alkanes of at least 4 members (excludes halogenated alkanes) is 2. The van der Waals surface area contributed by atoms with Gasteiger partial charge in [-0.05, 0) is 59.4 Å². The van der Waals surface area contributed by atoms with Crippen LogP contribution in [0.4, 0.5) is 0 Å². The first-order valence-corrected chi connectivity index (χ1v) is 9.35. The van der Waals surface area contributed by atoms with Crippen LogP contribution in [0.25, 0.3) is 10.8 Å². The Morgan fingerprint density at radius 3 is 2.41 bits per heavy atom. The van der Waals surface area contributed by atoms with E-state index in [9.17, 15) is 0 Å². The van der Waals surface area contributed by atoms with Crippen molar-refractivity contribution < 1.29 is 0 Å². The second-order valence-electron chi connectivity index (χ2n) is 7.09. The van der Waals surface area contributed by atoms with E-state index in [4.69, 9.17) is 0 Å². The molecule has 1 saturated carbocycles. The standard InChI is InChI=1S/C22H30/c1-3-5-6-8-17(4-2)19-11-13-22-16-20(18-9-7-10-18)12-14-21(22)15-19/h11-18H,3-10H2,1-2H3. The van der Waals surface area contributed by atoms with Crippen molar-refractivity contribution in [2.24, 2.45) is 0 Å². The Hall–Kier alpha value is -1.30. The highest BCUT2D eigenvalue weighted by Gasteiger charge is 2.19. The second kappa shape index (κ2) is 7.31. The molecule has 3 rings (SSSR count). The molecule has 0 spiro atoms. The van der Waals surface area contributed by atoms with Gasteiger partial charge in [0.25, 0.3) is 0 Å². The molecule has 0 aliphatic heterocycles. The lowest BCUT2D eigenvalue weighted by Crippen LogP contribution is -2.08. The van der Waals surface area contributed by atoms with Crippen LogP contribution in [-0.2, 0) is 0 Å². The van der Waals surface area contributed by atoms with E-state index in [1.807, 2.05) is 0 Å². The first kappa shape index (κ1) is 15.6. The van der Waals surface area contributed by atoms with E-state index in [1.165, 1.54) is 62.1 Å². The topological polar surface area (TPSA) is 0 Å². The molecule has 0 nitrogen and oxygen atoms in total. The summed E-state index contributed by atoms with van der Waals surface area (Å²) in [6.07, 6.45) is 10.8. The van der Waals surface area contributed by atoms with Gasteiger partial charge in [0.05, 0.1) is 0 Å². The van der Waals surface area contributed by atoms with Crippen LogP contribution in [0.3, 0.4) is 0 Å². The molecule has 0 radical (unpaired) electrons. The molecule has 22 heavy (non-hydrogen) atoms. The lowest BCUT2D eigenvalue weighted by molar-refractivity contribution is 0.420. The molecule has 1 aliphatic carbocycles. The predicted molar refractivity (Wildman–Crippen MR) is 97.7 cm³/mol. The summed E-state index contributed by atoms with van der Waals surface area (Å²) in [7, 11) is 0. The summed E-state index contributed by atoms with van der Waals surface area (Å²) in [6, 6.07) is 14.3. The van der Waals surface area contributed by atoms with Crippen LogP contribution in [0.1, 0.15) is 88.2 Å². The Morgan fingerprint density at radius 1 is 0.955 bits per heavy atom. The smallest absolute Gasteiger partial charge is 0.0162 e. The first-order valence-electron chi connectivity index (χ1n) is 9.35. The van der Waals surface area contributed by atoms with E-state index in [0.717, 1.165) is 11.8 Å². The molecule has 1 aliphatic rings. The Balaban J connectivity index is 1.79. The Labute approximate surface area is 135 Å². The fraction of sp³-hybridized carbons (Fsp3) is 0.545. The van der Waals surface area contributed by atoms with Crippen molar-refractivity contribution in [3.05, 3.63) is 47.5 Å². The van der Waals surface area contributed by atoms with Crippen molar-refractivity contribution in [1.82, 2.24) is 0 Å². The molecule has 0 heterocycles. The molecule has 0 amide bonds. The molecule has 0 N–H and O–H groups in total. The average molecular weight is 294 g/mol. The average Bonchev–Trinajstić information content (AvgIpc) is 2.49. The van der Waals surface area contributed by atoms with Crippen LogP contribution < -0.4 is 0 Å². The van der Waals surface area contributed by atoms with Gasteiger partial charge >= 0.3 is 0 Å². The maximum Gasteiger partial charge on any atom is -0.0162 e. The van der Waals surface area contributed by atoms with Crippen molar-refractivity contribution in [3.8, 4) is 0 Å². The summed E-state index contributed by atoms with van der Waals surface area (Å²) in [5.41, 5.74) is 3.10. The molecular weight excluding hydrogens is 264 g/mol. The fourth-order valence-corrected chi connectivity index (χ4v) is 3.78. The normalized spacial score (nSPS) is 16.6. The molecule has 1 unspecified atom stereocenters. The summed E-state index contributed by atoms with van der Waals surface area (Å²) in [4.78, 5) is 0. The molecule has 0 saturated heterocycles. The monoisotopic (exact) mass is 294 g/mol. The molecule has 0 aromatic heterocycles. The van der Waals surface area contributed by atoms with Crippen LogP contribution in [0.15, 0.2) is 36.4 Å². The third-order valence-corrected chi connectivity index (χ3v) is 5.59. The number of benzene rings is 2. The van der Waals surface area contributed by atoms with E-state index in [-0.39, 0.29) is 0 Å². The largest absolute Gasteiger partial charge is 0.0654 e. The van der Waals surface area contributed by atoms with Gasteiger partial charge in [-0.2, -0.15) is 0 Å². The number of fused-ring (bicyclic) bond motifs is 1. The zero-order chi connectivity index (χ0) is 15.4. The van der Waals surface area contributed by atoms with Gasteiger partial charge < -0.3 is 0 Å². The minimum atomic E-state index is 0.738. The van der Waals surface area contributed by atoms with Gasteiger partial charge in [0.2, 0.25) is 0 Å². The maximum absolute atomic E-state index is 2.44. The van der Waals surface area contributed by atoms with Gasteiger partial charge in [-0.25, -0.2) is 0 Å². The minimum absolute atomic E-state index is 0.738. The zero-order valence-electron chi connectivity index (χ0n) is 14.3. The third kappa shape index (κ3) is 3.37. The molecule has 1 fully saturated rings. The summed E-state index contributed by atoms with van der Waals surface area (Å²) in [6.45, 7) is 4.62. The highest BCUT2D eigenvalue weighted by molar-refractivity contribution is 5.84. The van der Waals surface area contributed by atoms with Gasteiger partial charge in [-0.1, -0.05) is 75.9 Å². The number of rotatable bonds is 7. The van der Waals surface area contributed by atoms with Crippen LogP contribution >= 0.6 is 0 Å². The van der Waals surface area contributed by atoms with Crippen molar-refractivity contribution in [3.63, 3.8) is 0 Å². The second-order valence-corrected chi connectivity index (χ2v) is 7.09. The van der Waals surface area contributed by atoms with Gasteiger partial charge in [0.1, 0.15) is 0 Å². The molecule has 2 aromatic carbocycles. The van der Waals surface area contributed by atoms with Crippen molar-refractivity contribution in [1.29, 1.82) is 0 Å². The van der Waals surface area contributed by atoms with E-state index >= 15 is 0 Å². The summed E-state index contributed by atoms with van der Waals surface area (Å²) >= 11 is 0. The maximum atomic E-state index is 2.44. The predicted octanol–water partition coefficient (Wildman–Crippen LogP) is 7.18. The Kier molecular flexibility index (Phi) is 5.18. The highest BCUT2D eigenvalue weighted by Crippen LogP contribution is 2.38. The van der Waals surface area contributed by atoms with E-state index < -0.39 is 0 Å². The SMILES string of the molecule is CCCCCC(CC)c1ccc2cc(C3CCC3)ccc2c1. The minimum Gasteiger partial charge on any atom is -0.0654 e. The van der Waals surface area contributed by atoms with Gasteiger partial charge in [0, 0.05) is 0 Å². The molecular formula is C22H30. The summed E-state index contributed by atoms with van der Waals surface area (Å²) in [5, 5.41) is 2.85. The fourth-order valence-electron chi connectivity index (χ4n) is 3.78. The van der Waals surface area contributed by atoms with E-state index in [2.05, 4.69) is 50.2 Å². The molecule has 1 atom stereocenters. The van der Waals surface area contributed by atoms with E-state index in [0.29, 0.717) is 0 Å². The van der Waals surface area contributed by atoms with Crippen LogP contribution in [0.5, 0.6) is 0 Å². The molecule has 2 aromatic rings. The third-order valence-electron chi connectivity index (χ3n) is 5.59. The molecule has 118 valence electrons. The lowest BCUT2D eigenvalue weighted by atomic mass is 9.79. The van der Waals surface area contributed by atoms with E-state index in [1.54, 1.807) is 11.1 Å². The molecule has 0 bridgehead atoms. The lowest BCUT2D eigenvalue weighted by Gasteiger charge is -2.26. The number of hydrogen-bond acceptors (Lipinski definition) is 0.